The molecule has 0 aliphatic rings. The Morgan fingerprint density at radius 1 is 1.08 bits per heavy atom. The number of anilines is 1. The molecule has 0 saturated carbocycles. The number of nitrogens with one attached hydrogen (secondary N) is 1. The molecule has 2 aromatic carbocycles. The van der Waals surface area contributed by atoms with Gasteiger partial charge in [0.05, 0.1) is 23.7 Å². The van der Waals surface area contributed by atoms with Crippen LogP contribution in [-0.2, 0) is 14.1 Å². The van der Waals surface area contributed by atoms with Crippen LogP contribution in [0.15, 0.2) is 45.7 Å². The van der Waals surface area contributed by atoms with Crippen molar-refractivity contribution in [3.63, 3.8) is 0 Å². The molecule has 0 fully saturated rings. The quantitative estimate of drug-likeness (QED) is 0.748. The highest BCUT2D eigenvalue weighted by molar-refractivity contribution is 9.10. The number of hydrogen-bond acceptors (Lipinski definition) is 3. The van der Waals surface area contributed by atoms with Crippen LogP contribution in [0.25, 0.3) is 11.0 Å². The molecule has 24 heavy (non-hydrogen) atoms. The summed E-state index contributed by atoms with van der Waals surface area (Å²) >= 11 is 3.36. The molecule has 0 aliphatic carbocycles. The second kappa shape index (κ2) is 6.16. The summed E-state index contributed by atoms with van der Waals surface area (Å²) in [6, 6.07) is 10.6. The first-order chi connectivity index (χ1) is 11.4. The molecule has 1 heterocycles. The number of imidazole rings is 1. The van der Waals surface area contributed by atoms with Crippen molar-refractivity contribution in [2.45, 2.75) is 0 Å². The van der Waals surface area contributed by atoms with Crippen LogP contribution in [-0.4, -0.2) is 22.2 Å². The number of halogens is 1. The average molecular weight is 390 g/mol. The van der Waals surface area contributed by atoms with Gasteiger partial charge in [0.15, 0.2) is 0 Å². The first kappa shape index (κ1) is 16.3. The molecule has 0 bridgehead atoms. The summed E-state index contributed by atoms with van der Waals surface area (Å²) in [5, 5.41) is 2.84. The van der Waals surface area contributed by atoms with Gasteiger partial charge in [-0.25, -0.2) is 4.79 Å². The lowest BCUT2D eigenvalue weighted by Crippen LogP contribution is -2.19. The van der Waals surface area contributed by atoms with Crippen LogP contribution >= 0.6 is 15.9 Å². The predicted molar refractivity (Wildman–Crippen MR) is 96.8 cm³/mol. The fourth-order valence-corrected chi connectivity index (χ4v) is 3.00. The Bertz CT molecular complexity index is 1000. The number of methoxy groups -OCH3 is 1. The molecule has 0 radical (unpaired) electrons. The Hall–Kier alpha value is -2.54. The maximum Gasteiger partial charge on any atom is 0.328 e. The summed E-state index contributed by atoms with van der Waals surface area (Å²) in [6.45, 7) is 0. The van der Waals surface area contributed by atoms with E-state index < -0.39 is 0 Å². The largest absolute Gasteiger partial charge is 0.496 e. The second-order valence-corrected chi connectivity index (χ2v) is 6.32. The van der Waals surface area contributed by atoms with E-state index >= 15 is 0 Å². The average Bonchev–Trinajstić information content (AvgIpc) is 2.79. The van der Waals surface area contributed by atoms with Crippen LogP contribution in [0.2, 0.25) is 0 Å². The number of amides is 1. The zero-order chi connectivity index (χ0) is 17.4. The number of carbonyl (C=O) groups is 1. The Kier molecular flexibility index (Phi) is 4.19. The van der Waals surface area contributed by atoms with Crippen molar-refractivity contribution in [1.82, 2.24) is 9.13 Å². The molecule has 0 aliphatic heterocycles. The molecule has 1 N–H and O–H groups in total. The normalized spacial score (nSPS) is 10.8. The summed E-state index contributed by atoms with van der Waals surface area (Å²) < 4.78 is 9.14. The molecule has 7 heteroatoms. The zero-order valence-electron chi connectivity index (χ0n) is 13.5. The number of fused-ring (bicyclic) bond motifs is 1. The Morgan fingerprint density at radius 2 is 1.79 bits per heavy atom. The van der Waals surface area contributed by atoms with Gasteiger partial charge in [-0.2, -0.15) is 0 Å². The smallest absolute Gasteiger partial charge is 0.328 e. The standard InChI is InChI=1S/C17H16BrN3O3/c1-20-13-6-5-11(9-14(13)21(2)17(20)23)19-16(22)12-8-10(18)4-7-15(12)24-3/h4-9H,1-3H3,(H,19,22). The Morgan fingerprint density at radius 3 is 2.50 bits per heavy atom. The van der Waals surface area contributed by atoms with Gasteiger partial charge in [0.25, 0.3) is 5.91 Å². The molecular weight excluding hydrogens is 374 g/mol. The van der Waals surface area contributed by atoms with Gasteiger partial charge in [0.2, 0.25) is 0 Å². The highest BCUT2D eigenvalue weighted by atomic mass is 79.9. The Labute approximate surface area is 146 Å². The fraction of sp³-hybridized carbons (Fsp3) is 0.176. The van der Waals surface area contributed by atoms with E-state index in [1.165, 1.54) is 7.11 Å². The van der Waals surface area contributed by atoms with Crippen molar-refractivity contribution < 1.29 is 9.53 Å². The van der Waals surface area contributed by atoms with Gasteiger partial charge in [-0.05, 0) is 36.4 Å². The molecule has 0 saturated heterocycles. The van der Waals surface area contributed by atoms with Crippen molar-refractivity contribution in [2.75, 3.05) is 12.4 Å². The van der Waals surface area contributed by atoms with Crippen LogP contribution < -0.4 is 15.7 Å². The van der Waals surface area contributed by atoms with Crippen molar-refractivity contribution in [3.05, 3.63) is 56.9 Å². The third-order valence-corrected chi connectivity index (χ3v) is 4.43. The third kappa shape index (κ3) is 2.71. The summed E-state index contributed by atoms with van der Waals surface area (Å²) in [7, 11) is 4.94. The van der Waals surface area contributed by atoms with Crippen LogP contribution in [0.5, 0.6) is 5.75 Å². The molecule has 1 amide bonds. The van der Waals surface area contributed by atoms with Gasteiger partial charge in [-0.3, -0.25) is 13.9 Å². The van der Waals surface area contributed by atoms with E-state index in [2.05, 4.69) is 21.2 Å². The molecule has 1 aromatic heterocycles. The number of hydrogen-bond donors (Lipinski definition) is 1. The SMILES string of the molecule is COc1ccc(Br)cc1C(=O)Nc1ccc2c(c1)n(C)c(=O)n2C. The molecule has 3 rings (SSSR count). The van der Waals surface area contributed by atoms with Crippen molar-refractivity contribution in [2.24, 2.45) is 14.1 Å². The molecular formula is C17H16BrN3O3. The number of rotatable bonds is 3. The van der Waals surface area contributed by atoms with Crippen LogP contribution in [0, 0.1) is 0 Å². The van der Waals surface area contributed by atoms with Gasteiger partial charge in [-0.15, -0.1) is 0 Å². The number of aromatic nitrogens is 2. The van der Waals surface area contributed by atoms with Gasteiger partial charge in [-0.1, -0.05) is 15.9 Å². The van der Waals surface area contributed by atoms with Crippen molar-refractivity contribution >= 4 is 38.6 Å². The summed E-state index contributed by atoms with van der Waals surface area (Å²) in [5.41, 5.74) is 2.48. The fourth-order valence-electron chi connectivity index (χ4n) is 2.64. The number of aryl methyl sites for hydroxylation is 2. The molecule has 3 aromatic rings. The molecule has 0 spiro atoms. The lowest BCUT2D eigenvalue weighted by molar-refractivity contribution is 0.102. The van der Waals surface area contributed by atoms with Crippen LogP contribution in [0.4, 0.5) is 5.69 Å². The van der Waals surface area contributed by atoms with E-state index in [-0.39, 0.29) is 11.6 Å². The molecule has 6 nitrogen and oxygen atoms in total. The molecule has 0 unspecified atom stereocenters. The van der Waals surface area contributed by atoms with E-state index in [0.717, 1.165) is 15.5 Å². The number of ether oxygens (including phenoxy) is 1. The maximum atomic E-state index is 12.6. The molecule has 0 atom stereocenters. The predicted octanol–water partition coefficient (Wildman–Crippen LogP) is 2.90. The third-order valence-electron chi connectivity index (χ3n) is 3.94. The zero-order valence-corrected chi connectivity index (χ0v) is 15.0. The van der Waals surface area contributed by atoms with Gasteiger partial charge >= 0.3 is 5.69 Å². The van der Waals surface area contributed by atoms with E-state index in [4.69, 9.17) is 4.74 Å². The number of carbonyl (C=O) groups excluding carboxylic acids is 1. The monoisotopic (exact) mass is 389 g/mol. The van der Waals surface area contributed by atoms with Crippen molar-refractivity contribution in [1.29, 1.82) is 0 Å². The van der Waals surface area contributed by atoms with Gasteiger partial charge in [0, 0.05) is 24.3 Å². The summed E-state index contributed by atoms with van der Waals surface area (Å²) in [4.78, 5) is 24.5. The van der Waals surface area contributed by atoms with E-state index in [1.807, 2.05) is 6.07 Å². The van der Waals surface area contributed by atoms with Gasteiger partial charge in [0.1, 0.15) is 5.75 Å². The molecule has 124 valence electrons. The minimum Gasteiger partial charge on any atom is -0.496 e. The van der Waals surface area contributed by atoms with Crippen LogP contribution in [0.1, 0.15) is 10.4 Å². The lowest BCUT2D eigenvalue weighted by Gasteiger charge is -2.10. The second-order valence-electron chi connectivity index (χ2n) is 5.40. The highest BCUT2D eigenvalue weighted by Gasteiger charge is 2.14. The first-order valence-corrected chi connectivity index (χ1v) is 8.02. The van der Waals surface area contributed by atoms with Crippen molar-refractivity contribution in [3.8, 4) is 5.75 Å². The highest BCUT2D eigenvalue weighted by Crippen LogP contribution is 2.25. The number of nitrogens with zero attached hydrogens (tertiary/aromatic N) is 2. The lowest BCUT2D eigenvalue weighted by atomic mass is 10.1. The maximum absolute atomic E-state index is 12.6. The van der Waals surface area contributed by atoms with Gasteiger partial charge < -0.3 is 10.1 Å². The number of benzene rings is 2. The van der Waals surface area contributed by atoms with E-state index in [9.17, 15) is 9.59 Å². The minimum absolute atomic E-state index is 0.109. The minimum atomic E-state index is -0.284. The summed E-state index contributed by atoms with van der Waals surface area (Å²) in [6.07, 6.45) is 0. The van der Waals surface area contributed by atoms with E-state index in [0.29, 0.717) is 17.0 Å². The first-order valence-electron chi connectivity index (χ1n) is 7.22. The summed E-state index contributed by atoms with van der Waals surface area (Å²) in [5.74, 6) is 0.206. The Balaban J connectivity index is 1.98. The van der Waals surface area contributed by atoms with E-state index in [1.54, 1.807) is 53.6 Å². The van der Waals surface area contributed by atoms with Crippen LogP contribution in [0.3, 0.4) is 0 Å². The topological polar surface area (TPSA) is 65.3 Å².